The lowest BCUT2D eigenvalue weighted by Gasteiger charge is -2.31. The number of hydrogen-bond acceptors (Lipinski definition) is 5. The molecule has 1 heterocycles. The number of carboxylic acids is 2. The Kier molecular flexibility index (Phi) is 6.60. The Labute approximate surface area is 141 Å². The Hall–Kier alpha value is -1.18. The van der Waals surface area contributed by atoms with E-state index in [-0.39, 0.29) is 18.3 Å². The summed E-state index contributed by atoms with van der Waals surface area (Å²) < 4.78 is 11.6. The summed E-state index contributed by atoms with van der Waals surface area (Å²) in [6.45, 7) is 2.53. The van der Waals surface area contributed by atoms with Gasteiger partial charge in [0.1, 0.15) is 0 Å². The van der Waals surface area contributed by atoms with E-state index in [2.05, 4.69) is 0 Å². The van der Waals surface area contributed by atoms with Crippen LogP contribution in [0.4, 0.5) is 0 Å². The van der Waals surface area contributed by atoms with Crippen molar-refractivity contribution in [2.24, 2.45) is 17.8 Å². The van der Waals surface area contributed by atoms with E-state index >= 15 is 0 Å². The SMILES string of the molecule is CC(O)[C@@H]1CC2(OCCO2)C(CCCCCCC(=O)O)[C@H]1C(=O)O. The first-order valence-corrected chi connectivity index (χ1v) is 8.78. The number of aliphatic hydroxyl groups is 1. The van der Waals surface area contributed by atoms with Crippen molar-refractivity contribution in [1.82, 2.24) is 0 Å². The fourth-order valence-corrected chi connectivity index (χ4v) is 4.20. The molecule has 2 unspecified atom stereocenters. The minimum atomic E-state index is -0.909. The van der Waals surface area contributed by atoms with Crippen LogP contribution in [0.15, 0.2) is 0 Å². The van der Waals surface area contributed by atoms with Crippen molar-refractivity contribution in [2.75, 3.05) is 13.2 Å². The van der Waals surface area contributed by atoms with E-state index < -0.39 is 29.7 Å². The van der Waals surface area contributed by atoms with Crippen LogP contribution in [0.25, 0.3) is 0 Å². The summed E-state index contributed by atoms with van der Waals surface area (Å²) in [4.78, 5) is 22.3. The maximum absolute atomic E-state index is 11.8. The molecule has 2 aliphatic rings. The third-order valence-corrected chi connectivity index (χ3v) is 5.32. The van der Waals surface area contributed by atoms with E-state index in [9.17, 15) is 19.8 Å². The quantitative estimate of drug-likeness (QED) is 0.547. The van der Waals surface area contributed by atoms with E-state index in [0.29, 0.717) is 32.5 Å². The number of carboxylic acid groups (broad SMARTS) is 2. The monoisotopic (exact) mass is 344 g/mol. The molecule has 1 saturated heterocycles. The van der Waals surface area contributed by atoms with Crippen LogP contribution in [-0.4, -0.2) is 52.4 Å². The topological polar surface area (TPSA) is 113 Å². The number of aliphatic carboxylic acids is 2. The maximum atomic E-state index is 11.8. The van der Waals surface area contributed by atoms with Gasteiger partial charge in [-0.25, -0.2) is 0 Å². The average molecular weight is 344 g/mol. The molecule has 2 rings (SSSR count). The molecule has 0 aromatic carbocycles. The van der Waals surface area contributed by atoms with Crippen molar-refractivity contribution < 1.29 is 34.4 Å². The van der Waals surface area contributed by atoms with Crippen LogP contribution < -0.4 is 0 Å². The fourth-order valence-electron chi connectivity index (χ4n) is 4.20. The number of aliphatic hydroxyl groups excluding tert-OH is 1. The first-order valence-electron chi connectivity index (χ1n) is 8.78. The lowest BCUT2D eigenvalue weighted by Crippen LogP contribution is -2.38. The molecular weight excluding hydrogens is 316 g/mol. The van der Waals surface area contributed by atoms with Crippen LogP contribution in [0.5, 0.6) is 0 Å². The van der Waals surface area contributed by atoms with Crippen molar-refractivity contribution in [3.05, 3.63) is 0 Å². The predicted octanol–water partition coefficient (Wildman–Crippen LogP) is 1.87. The molecule has 0 aromatic rings. The predicted molar refractivity (Wildman–Crippen MR) is 84.4 cm³/mol. The van der Waals surface area contributed by atoms with Crippen molar-refractivity contribution in [1.29, 1.82) is 0 Å². The second-order valence-electron chi connectivity index (χ2n) is 6.93. The maximum Gasteiger partial charge on any atom is 0.307 e. The van der Waals surface area contributed by atoms with Crippen LogP contribution in [0.1, 0.15) is 51.9 Å². The molecule has 2 fully saturated rings. The minimum Gasteiger partial charge on any atom is -0.481 e. The van der Waals surface area contributed by atoms with Crippen LogP contribution in [0, 0.1) is 17.8 Å². The van der Waals surface area contributed by atoms with Gasteiger partial charge in [-0.15, -0.1) is 0 Å². The summed E-state index contributed by atoms with van der Waals surface area (Å²) in [7, 11) is 0. The highest BCUT2D eigenvalue weighted by Crippen LogP contribution is 2.52. The Morgan fingerprint density at radius 3 is 2.29 bits per heavy atom. The third kappa shape index (κ3) is 4.26. The molecule has 1 spiro atoms. The van der Waals surface area contributed by atoms with Gasteiger partial charge in [0.2, 0.25) is 0 Å². The van der Waals surface area contributed by atoms with Crippen molar-refractivity contribution >= 4 is 11.9 Å². The smallest absolute Gasteiger partial charge is 0.307 e. The Morgan fingerprint density at radius 2 is 1.75 bits per heavy atom. The summed E-state index contributed by atoms with van der Waals surface area (Å²) in [5.41, 5.74) is 0. The lowest BCUT2D eigenvalue weighted by atomic mass is 9.83. The van der Waals surface area contributed by atoms with Crippen LogP contribution in [0.3, 0.4) is 0 Å². The van der Waals surface area contributed by atoms with Crippen LogP contribution >= 0.6 is 0 Å². The van der Waals surface area contributed by atoms with Gasteiger partial charge in [-0.3, -0.25) is 9.59 Å². The molecular formula is C17H28O7. The zero-order valence-corrected chi connectivity index (χ0v) is 14.1. The second-order valence-corrected chi connectivity index (χ2v) is 6.93. The fraction of sp³-hybridized carbons (Fsp3) is 0.882. The molecule has 0 bridgehead atoms. The van der Waals surface area contributed by atoms with E-state index in [1.807, 2.05) is 0 Å². The van der Waals surface area contributed by atoms with Gasteiger partial charge >= 0.3 is 11.9 Å². The summed E-state index contributed by atoms with van der Waals surface area (Å²) in [6, 6.07) is 0. The molecule has 0 amide bonds. The first-order chi connectivity index (χ1) is 11.4. The molecule has 1 aliphatic carbocycles. The molecule has 4 atom stereocenters. The minimum absolute atomic E-state index is 0.168. The standard InChI is InChI=1S/C17H28O7/c1-11(18)12-10-17(23-8-9-24-17)13(15(12)16(21)22)6-4-2-3-5-7-14(19)20/h11-13,15,18H,2-10H2,1H3,(H,19,20)(H,21,22)/t11?,12-,13?,15-/m0/s1. The van der Waals surface area contributed by atoms with Gasteiger partial charge in [0.15, 0.2) is 5.79 Å². The van der Waals surface area contributed by atoms with Gasteiger partial charge in [-0.05, 0) is 19.8 Å². The van der Waals surface area contributed by atoms with E-state index in [1.165, 1.54) is 0 Å². The van der Waals surface area contributed by atoms with Gasteiger partial charge in [-0.2, -0.15) is 0 Å². The molecule has 7 heteroatoms. The molecule has 0 radical (unpaired) electrons. The number of hydrogen-bond donors (Lipinski definition) is 3. The van der Waals surface area contributed by atoms with Gasteiger partial charge < -0.3 is 24.8 Å². The summed E-state index contributed by atoms with van der Waals surface area (Å²) in [5, 5.41) is 28.3. The normalized spacial score (nSPS) is 29.8. The molecule has 24 heavy (non-hydrogen) atoms. The highest BCUT2D eigenvalue weighted by atomic mass is 16.7. The molecule has 138 valence electrons. The third-order valence-electron chi connectivity index (χ3n) is 5.32. The van der Waals surface area contributed by atoms with E-state index in [4.69, 9.17) is 14.6 Å². The number of ether oxygens (including phenoxy) is 2. The highest BCUT2D eigenvalue weighted by molar-refractivity contribution is 5.71. The molecule has 1 saturated carbocycles. The molecule has 7 nitrogen and oxygen atoms in total. The second kappa shape index (κ2) is 8.27. The summed E-state index contributed by atoms with van der Waals surface area (Å²) >= 11 is 0. The number of carbonyl (C=O) groups is 2. The van der Waals surface area contributed by atoms with Crippen molar-refractivity contribution in [3.8, 4) is 0 Å². The zero-order valence-electron chi connectivity index (χ0n) is 14.1. The van der Waals surface area contributed by atoms with Gasteiger partial charge in [0.25, 0.3) is 0 Å². The Morgan fingerprint density at radius 1 is 1.12 bits per heavy atom. The van der Waals surface area contributed by atoms with Crippen molar-refractivity contribution in [2.45, 2.75) is 63.8 Å². The van der Waals surface area contributed by atoms with Crippen LogP contribution in [0.2, 0.25) is 0 Å². The summed E-state index contributed by atoms with van der Waals surface area (Å²) in [5.74, 6) is -3.92. The van der Waals surface area contributed by atoms with E-state index in [0.717, 1.165) is 19.3 Å². The van der Waals surface area contributed by atoms with Gasteiger partial charge in [0, 0.05) is 24.7 Å². The van der Waals surface area contributed by atoms with Crippen LogP contribution in [-0.2, 0) is 19.1 Å². The first kappa shape index (κ1) is 19.1. The van der Waals surface area contributed by atoms with Gasteiger partial charge in [-0.1, -0.05) is 19.3 Å². The molecule has 1 aliphatic heterocycles. The van der Waals surface area contributed by atoms with E-state index in [1.54, 1.807) is 6.92 Å². The number of rotatable bonds is 9. The van der Waals surface area contributed by atoms with Gasteiger partial charge in [0.05, 0.1) is 25.2 Å². The lowest BCUT2D eigenvalue weighted by molar-refractivity contribution is -0.192. The molecule has 0 aromatic heterocycles. The highest BCUT2D eigenvalue weighted by Gasteiger charge is 2.60. The largest absolute Gasteiger partial charge is 0.481 e. The number of unbranched alkanes of at least 4 members (excludes halogenated alkanes) is 3. The Balaban J connectivity index is 1.97. The Bertz CT molecular complexity index is 442. The zero-order chi connectivity index (χ0) is 17.7. The van der Waals surface area contributed by atoms with Crippen molar-refractivity contribution in [3.63, 3.8) is 0 Å². The average Bonchev–Trinajstić information content (AvgIpc) is 3.09. The molecule has 3 N–H and O–H groups in total. The summed E-state index contributed by atoms with van der Waals surface area (Å²) in [6.07, 6.45) is 3.60.